The van der Waals surface area contributed by atoms with Crippen molar-refractivity contribution in [3.05, 3.63) is 35.4 Å². The van der Waals surface area contributed by atoms with E-state index in [2.05, 4.69) is 6.92 Å². The number of carbonyl (C=O) groups is 1. The summed E-state index contributed by atoms with van der Waals surface area (Å²) in [5.41, 5.74) is 0.0374. The smallest absolute Gasteiger partial charge is 0.416 e. The monoisotopic (exact) mass is 342 g/mol. The van der Waals surface area contributed by atoms with E-state index in [9.17, 15) is 18.0 Å². The van der Waals surface area contributed by atoms with Gasteiger partial charge in [0.05, 0.1) is 12.2 Å². The van der Waals surface area contributed by atoms with Crippen molar-refractivity contribution in [2.75, 3.05) is 6.61 Å². The molecule has 0 amide bonds. The molecular formula is C19H25F3O2. The molecule has 24 heavy (non-hydrogen) atoms. The maximum absolute atomic E-state index is 12.5. The SMILES string of the molecule is C[C@H](COC(=O)CCc1ccc(C(F)(F)F)cc1)C1CCCCC1. The van der Waals surface area contributed by atoms with Crippen LogP contribution in [0.5, 0.6) is 0 Å². The van der Waals surface area contributed by atoms with E-state index in [1.165, 1.54) is 44.2 Å². The van der Waals surface area contributed by atoms with E-state index in [0.717, 1.165) is 12.1 Å². The van der Waals surface area contributed by atoms with E-state index < -0.39 is 11.7 Å². The Morgan fingerprint density at radius 2 is 1.79 bits per heavy atom. The number of benzene rings is 1. The number of alkyl halides is 3. The van der Waals surface area contributed by atoms with Crippen molar-refractivity contribution in [1.29, 1.82) is 0 Å². The Hall–Kier alpha value is -1.52. The van der Waals surface area contributed by atoms with Gasteiger partial charge in [-0.25, -0.2) is 0 Å². The molecular weight excluding hydrogens is 317 g/mol. The van der Waals surface area contributed by atoms with E-state index in [-0.39, 0.29) is 12.4 Å². The third-order valence-electron chi connectivity index (χ3n) is 4.86. The quantitative estimate of drug-likeness (QED) is 0.647. The molecule has 1 atom stereocenters. The van der Waals surface area contributed by atoms with Gasteiger partial charge in [-0.2, -0.15) is 13.2 Å². The van der Waals surface area contributed by atoms with Gasteiger partial charge in [0.25, 0.3) is 0 Å². The Labute approximate surface area is 141 Å². The lowest BCUT2D eigenvalue weighted by atomic mass is 9.81. The molecule has 1 aliphatic rings. The third kappa shape index (κ3) is 5.84. The largest absolute Gasteiger partial charge is 0.465 e. The summed E-state index contributed by atoms with van der Waals surface area (Å²) >= 11 is 0. The van der Waals surface area contributed by atoms with Crippen molar-refractivity contribution in [3.8, 4) is 0 Å². The summed E-state index contributed by atoms with van der Waals surface area (Å²) in [6.07, 6.45) is 2.52. The molecule has 0 unspecified atom stereocenters. The first-order chi connectivity index (χ1) is 11.4. The lowest BCUT2D eigenvalue weighted by molar-refractivity contribution is -0.145. The van der Waals surface area contributed by atoms with E-state index in [1.807, 2.05) is 0 Å². The molecule has 0 radical (unpaired) electrons. The Kier molecular flexibility index (Phi) is 6.69. The molecule has 1 fully saturated rings. The maximum Gasteiger partial charge on any atom is 0.416 e. The number of esters is 1. The number of ether oxygens (including phenoxy) is 1. The van der Waals surface area contributed by atoms with Crippen LogP contribution in [0.2, 0.25) is 0 Å². The number of aryl methyl sites for hydroxylation is 1. The summed E-state index contributed by atoms with van der Waals surface area (Å²) in [7, 11) is 0. The van der Waals surface area contributed by atoms with Gasteiger partial charge < -0.3 is 4.74 Å². The average Bonchev–Trinajstić information content (AvgIpc) is 2.58. The number of hydrogen-bond donors (Lipinski definition) is 0. The molecule has 0 N–H and O–H groups in total. The van der Waals surface area contributed by atoms with Crippen molar-refractivity contribution in [1.82, 2.24) is 0 Å². The fourth-order valence-corrected chi connectivity index (χ4v) is 3.24. The van der Waals surface area contributed by atoms with Gasteiger partial charge in [0.15, 0.2) is 0 Å². The van der Waals surface area contributed by atoms with Crippen LogP contribution in [0.3, 0.4) is 0 Å². The predicted octanol–water partition coefficient (Wildman–Crippen LogP) is 5.40. The Bertz CT molecular complexity index is 516. The summed E-state index contributed by atoms with van der Waals surface area (Å²) in [6, 6.07) is 4.93. The maximum atomic E-state index is 12.5. The van der Waals surface area contributed by atoms with Crippen LogP contribution in [0, 0.1) is 11.8 Å². The molecule has 0 saturated heterocycles. The highest BCUT2D eigenvalue weighted by atomic mass is 19.4. The van der Waals surface area contributed by atoms with Crippen LogP contribution in [0.25, 0.3) is 0 Å². The van der Waals surface area contributed by atoms with Crippen molar-refractivity contribution in [2.45, 2.75) is 58.0 Å². The first kappa shape index (κ1) is 18.8. The molecule has 0 spiro atoms. The zero-order valence-corrected chi connectivity index (χ0v) is 14.1. The zero-order valence-electron chi connectivity index (χ0n) is 14.1. The van der Waals surface area contributed by atoms with E-state index in [1.54, 1.807) is 0 Å². The van der Waals surface area contributed by atoms with Crippen LogP contribution in [0.4, 0.5) is 13.2 Å². The van der Waals surface area contributed by atoms with E-state index >= 15 is 0 Å². The second-order valence-corrected chi connectivity index (χ2v) is 6.75. The zero-order chi connectivity index (χ0) is 17.6. The second kappa shape index (κ2) is 8.54. The molecule has 1 aromatic rings. The lowest BCUT2D eigenvalue weighted by Gasteiger charge is -2.27. The first-order valence-corrected chi connectivity index (χ1v) is 8.68. The van der Waals surface area contributed by atoms with E-state index in [0.29, 0.717) is 30.4 Å². The molecule has 134 valence electrons. The summed E-state index contributed by atoms with van der Waals surface area (Å²) in [5, 5.41) is 0. The van der Waals surface area contributed by atoms with Crippen LogP contribution in [-0.4, -0.2) is 12.6 Å². The normalized spacial score (nSPS) is 17.5. The van der Waals surface area contributed by atoms with Gasteiger partial charge >= 0.3 is 12.1 Å². The highest BCUT2D eigenvalue weighted by molar-refractivity contribution is 5.69. The molecule has 0 aliphatic heterocycles. The number of hydrogen-bond acceptors (Lipinski definition) is 2. The molecule has 0 heterocycles. The topological polar surface area (TPSA) is 26.3 Å². The van der Waals surface area contributed by atoms with Gasteiger partial charge in [-0.05, 0) is 36.0 Å². The summed E-state index contributed by atoms with van der Waals surface area (Å²) in [5.74, 6) is 0.735. The Morgan fingerprint density at radius 3 is 2.38 bits per heavy atom. The second-order valence-electron chi connectivity index (χ2n) is 6.75. The van der Waals surface area contributed by atoms with Gasteiger partial charge in [0.1, 0.15) is 0 Å². The predicted molar refractivity (Wildman–Crippen MR) is 86.5 cm³/mol. The van der Waals surface area contributed by atoms with Gasteiger partial charge in [0, 0.05) is 6.42 Å². The van der Waals surface area contributed by atoms with Crippen LogP contribution >= 0.6 is 0 Å². The highest BCUT2D eigenvalue weighted by Gasteiger charge is 2.29. The molecule has 1 aromatic carbocycles. The lowest BCUT2D eigenvalue weighted by Crippen LogP contribution is -2.21. The molecule has 0 bridgehead atoms. The minimum atomic E-state index is -4.33. The summed E-state index contributed by atoms with van der Waals surface area (Å²) < 4.78 is 42.8. The number of halogens is 3. The number of rotatable bonds is 6. The van der Waals surface area contributed by atoms with Gasteiger partial charge in [-0.15, -0.1) is 0 Å². The van der Waals surface area contributed by atoms with Crippen molar-refractivity contribution in [2.24, 2.45) is 11.8 Å². The van der Waals surface area contributed by atoms with E-state index in [4.69, 9.17) is 4.74 Å². The minimum absolute atomic E-state index is 0.197. The molecule has 1 aliphatic carbocycles. The Morgan fingerprint density at radius 1 is 1.17 bits per heavy atom. The standard InChI is InChI=1S/C19H25F3O2/c1-14(16-5-3-2-4-6-16)13-24-18(23)12-9-15-7-10-17(11-8-15)19(20,21)22/h7-8,10-11,14,16H,2-6,9,12-13H2,1H3/t14-/m1/s1. The molecule has 2 rings (SSSR count). The van der Waals surface area contributed by atoms with Crippen LogP contribution < -0.4 is 0 Å². The molecule has 2 nitrogen and oxygen atoms in total. The van der Waals surface area contributed by atoms with Gasteiger partial charge in [0.2, 0.25) is 0 Å². The fraction of sp³-hybridized carbons (Fsp3) is 0.632. The van der Waals surface area contributed by atoms with Gasteiger partial charge in [-0.3, -0.25) is 4.79 Å². The molecule has 1 saturated carbocycles. The summed E-state index contributed by atoms with van der Waals surface area (Å²) in [4.78, 5) is 11.8. The average molecular weight is 342 g/mol. The van der Waals surface area contributed by atoms with Crippen LogP contribution in [0.15, 0.2) is 24.3 Å². The number of carbonyl (C=O) groups excluding carboxylic acids is 1. The summed E-state index contributed by atoms with van der Waals surface area (Å²) in [6.45, 7) is 2.57. The van der Waals surface area contributed by atoms with Gasteiger partial charge in [-0.1, -0.05) is 51.2 Å². The molecule has 0 aromatic heterocycles. The first-order valence-electron chi connectivity index (χ1n) is 8.68. The highest BCUT2D eigenvalue weighted by Crippen LogP contribution is 2.30. The van der Waals surface area contributed by atoms with Crippen LogP contribution in [0.1, 0.15) is 56.6 Å². The van der Waals surface area contributed by atoms with Crippen molar-refractivity contribution >= 4 is 5.97 Å². The minimum Gasteiger partial charge on any atom is -0.465 e. The Balaban J connectivity index is 1.71. The van der Waals surface area contributed by atoms with Crippen LogP contribution in [-0.2, 0) is 22.1 Å². The third-order valence-corrected chi connectivity index (χ3v) is 4.86. The molecule has 5 heteroatoms. The van der Waals surface area contributed by atoms with Crippen molar-refractivity contribution in [3.63, 3.8) is 0 Å². The fourth-order valence-electron chi connectivity index (χ4n) is 3.24. The van der Waals surface area contributed by atoms with Crippen molar-refractivity contribution < 1.29 is 22.7 Å².